The summed E-state index contributed by atoms with van der Waals surface area (Å²) < 4.78 is 26.5. The van der Waals surface area contributed by atoms with Gasteiger partial charge in [0.1, 0.15) is 17.3 Å². The molecule has 2 heterocycles. The summed E-state index contributed by atoms with van der Waals surface area (Å²) >= 11 is 1.46. The number of carbonyl (C=O) groups is 1. The van der Waals surface area contributed by atoms with Crippen LogP contribution in [0.1, 0.15) is 12.1 Å². The first-order valence-electron chi connectivity index (χ1n) is 9.31. The van der Waals surface area contributed by atoms with E-state index >= 15 is 0 Å². The highest BCUT2D eigenvalue weighted by molar-refractivity contribution is 7.15. The summed E-state index contributed by atoms with van der Waals surface area (Å²) in [7, 11) is 3.11. The van der Waals surface area contributed by atoms with Crippen molar-refractivity contribution in [1.29, 1.82) is 0 Å². The number of imidazole rings is 1. The number of methoxy groups -OCH3 is 2. The summed E-state index contributed by atoms with van der Waals surface area (Å²) in [6.07, 6.45) is 2.62. The normalized spacial score (nSPS) is 10.9. The number of nitrogens with one attached hydrogen (secondary N) is 1. The van der Waals surface area contributed by atoms with Gasteiger partial charge in [-0.3, -0.25) is 9.20 Å². The number of benzene rings is 2. The summed E-state index contributed by atoms with van der Waals surface area (Å²) in [6.45, 7) is 0. The lowest BCUT2D eigenvalue weighted by Crippen LogP contribution is -2.13. The highest BCUT2D eigenvalue weighted by Gasteiger charge is 2.14. The molecule has 8 heteroatoms. The fraction of sp³-hybridized carbons (Fsp3) is 0.182. The van der Waals surface area contributed by atoms with E-state index in [1.54, 1.807) is 50.6 Å². The van der Waals surface area contributed by atoms with Crippen molar-refractivity contribution in [2.24, 2.45) is 0 Å². The number of hydrogen-bond acceptors (Lipinski definition) is 5. The van der Waals surface area contributed by atoms with Gasteiger partial charge in [0, 0.05) is 35.3 Å². The van der Waals surface area contributed by atoms with Gasteiger partial charge in [0.05, 0.1) is 25.6 Å². The Morgan fingerprint density at radius 2 is 2.03 bits per heavy atom. The molecular weight excluding hydrogens is 405 g/mol. The molecular formula is C22H20FN3O3S. The molecule has 0 aliphatic heterocycles. The van der Waals surface area contributed by atoms with Gasteiger partial charge in [-0.2, -0.15) is 0 Å². The lowest BCUT2D eigenvalue weighted by atomic mass is 10.1. The molecule has 0 saturated carbocycles. The van der Waals surface area contributed by atoms with E-state index in [9.17, 15) is 9.18 Å². The van der Waals surface area contributed by atoms with Crippen LogP contribution in [0.4, 0.5) is 10.1 Å². The molecule has 0 aliphatic carbocycles. The van der Waals surface area contributed by atoms with Gasteiger partial charge in [0.15, 0.2) is 4.96 Å². The number of rotatable bonds is 7. The highest BCUT2D eigenvalue weighted by Crippen LogP contribution is 2.29. The third-order valence-corrected chi connectivity index (χ3v) is 5.61. The number of thiazole rings is 1. The van der Waals surface area contributed by atoms with E-state index in [0.29, 0.717) is 34.9 Å². The number of fused-ring (bicyclic) bond motifs is 1. The maximum atomic E-state index is 14.1. The molecule has 30 heavy (non-hydrogen) atoms. The Kier molecular flexibility index (Phi) is 5.67. The highest BCUT2D eigenvalue weighted by atomic mass is 32.1. The van der Waals surface area contributed by atoms with Crippen molar-refractivity contribution in [3.63, 3.8) is 0 Å². The minimum absolute atomic E-state index is 0.132. The summed E-state index contributed by atoms with van der Waals surface area (Å²) in [5, 5.41) is 4.84. The Labute approximate surface area is 176 Å². The first-order valence-corrected chi connectivity index (χ1v) is 10.2. The van der Waals surface area contributed by atoms with Crippen LogP contribution in [0.15, 0.2) is 54.0 Å². The molecule has 0 atom stereocenters. The van der Waals surface area contributed by atoms with E-state index in [-0.39, 0.29) is 18.1 Å². The second-order valence-electron chi connectivity index (χ2n) is 6.60. The Hall–Kier alpha value is -3.39. The van der Waals surface area contributed by atoms with Crippen LogP contribution in [0.25, 0.3) is 16.2 Å². The van der Waals surface area contributed by atoms with E-state index in [2.05, 4.69) is 10.3 Å². The van der Waals surface area contributed by atoms with Crippen molar-refractivity contribution >= 4 is 27.9 Å². The van der Waals surface area contributed by atoms with E-state index in [0.717, 1.165) is 10.7 Å². The van der Waals surface area contributed by atoms with Crippen molar-refractivity contribution in [2.75, 3.05) is 19.5 Å². The van der Waals surface area contributed by atoms with Crippen LogP contribution in [0.5, 0.6) is 11.5 Å². The summed E-state index contributed by atoms with van der Waals surface area (Å²) in [6, 6.07) is 11.8. The Bertz CT molecular complexity index is 1200. The second-order valence-corrected chi connectivity index (χ2v) is 7.44. The number of ether oxygens (including phenoxy) is 2. The van der Waals surface area contributed by atoms with Gasteiger partial charge in [-0.15, -0.1) is 11.3 Å². The topological polar surface area (TPSA) is 64.9 Å². The molecule has 0 unspecified atom stereocenters. The predicted molar refractivity (Wildman–Crippen MR) is 115 cm³/mol. The smallest absolute Gasteiger partial charge is 0.224 e. The van der Waals surface area contributed by atoms with Gasteiger partial charge >= 0.3 is 0 Å². The molecule has 0 saturated heterocycles. The van der Waals surface area contributed by atoms with Crippen LogP contribution < -0.4 is 14.8 Å². The van der Waals surface area contributed by atoms with Crippen molar-refractivity contribution in [3.05, 3.63) is 65.6 Å². The van der Waals surface area contributed by atoms with Crippen molar-refractivity contribution in [1.82, 2.24) is 9.38 Å². The van der Waals surface area contributed by atoms with Crippen LogP contribution in [0.2, 0.25) is 0 Å². The van der Waals surface area contributed by atoms with E-state index in [1.807, 2.05) is 16.0 Å². The number of amides is 1. The molecule has 0 fully saturated rings. The summed E-state index contributed by atoms with van der Waals surface area (Å²) in [5.74, 6) is 0.742. The molecule has 0 bridgehead atoms. The average Bonchev–Trinajstić information content (AvgIpc) is 3.34. The Morgan fingerprint density at radius 1 is 1.20 bits per heavy atom. The number of aryl methyl sites for hydroxylation is 1. The molecule has 1 amide bonds. The standard InChI is InChI=1S/C22H20FN3O3S/c1-28-15-8-9-18(20(11-15)29-2)24-21(27)10-7-14-13-30-22-25-19(12-26(14)22)16-5-3-4-6-17(16)23/h3-6,8-9,11-13H,7,10H2,1-2H3,(H,24,27). The fourth-order valence-electron chi connectivity index (χ4n) is 3.16. The van der Waals surface area contributed by atoms with Crippen molar-refractivity contribution in [3.8, 4) is 22.8 Å². The zero-order valence-electron chi connectivity index (χ0n) is 16.5. The second kappa shape index (κ2) is 8.54. The van der Waals surface area contributed by atoms with Crippen molar-refractivity contribution in [2.45, 2.75) is 12.8 Å². The minimum atomic E-state index is -0.308. The van der Waals surface area contributed by atoms with Gasteiger partial charge in [0.25, 0.3) is 0 Å². The molecule has 2 aromatic heterocycles. The number of hydrogen-bond donors (Lipinski definition) is 1. The van der Waals surface area contributed by atoms with Gasteiger partial charge in [0.2, 0.25) is 5.91 Å². The largest absolute Gasteiger partial charge is 0.497 e. The third-order valence-electron chi connectivity index (χ3n) is 4.72. The maximum Gasteiger partial charge on any atom is 0.224 e. The van der Waals surface area contributed by atoms with Crippen LogP contribution in [0, 0.1) is 5.82 Å². The van der Waals surface area contributed by atoms with Gasteiger partial charge < -0.3 is 14.8 Å². The van der Waals surface area contributed by atoms with Gasteiger partial charge in [-0.25, -0.2) is 9.37 Å². The van der Waals surface area contributed by atoms with Gasteiger partial charge in [-0.1, -0.05) is 12.1 Å². The number of aromatic nitrogens is 2. The van der Waals surface area contributed by atoms with Crippen LogP contribution in [-0.2, 0) is 11.2 Å². The minimum Gasteiger partial charge on any atom is -0.497 e. The third kappa shape index (κ3) is 3.99. The first kappa shape index (κ1) is 19.9. The quantitative estimate of drug-likeness (QED) is 0.462. The maximum absolute atomic E-state index is 14.1. The molecule has 1 N–H and O–H groups in total. The van der Waals surface area contributed by atoms with Gasteiger partial charge in [-0.05, 0) is 30.7 Å². The van der Waals surface area contributed by atoms with Crippen molar-refractivity contribution < 1.29 is 18.7 Å². The fourth-order valence-corrected chi connectivity index (χ4v) is 4.07. The number of halogens is 1. The summed E-state index contributed by atoms with van der Waals surface area (Å²) in [5.41, 5.74) is 2.57. The zero-order chi connectivity index (χ0) is 21.1. The molecule has 4 aromatic rings. The molecule has 0 aliphatic rings. The lowest BCUT2D eigenvalue weighted by Gasteiger charge is -2.11. The van der Waals surface area contributed by atoms with Crippen LogP contribution in [0.3, 0.4) is 0 Å². The van der Waals surface area contributed by atoms with Crippen LogP contribution in [-0.4, -0.2) is 29.5 Å². The molecule has 2 aromatic carbocycles. The van der Waals surface area contributed by atoms with Crippen LogP contribution >= 0.6 is 11.3 Å². The zero-order valence-corrected chi connectivity index (χ0v) is 17.3. The van der Waals surface area contributed by atoms with E-state index in [1.165, 1.54) is 17.4 Å². The van der Waals surface area contributed by atoms with E-state index < -0.39 is 0 Å². The number of nitrogens with zero attached hydrogens (tertiary/aromatic N) is 2. The number of anilines is 1. The summed E-state index contributed by atoms with van der Waals surface area (Å²) in [4.78, 5) is 17.7. The predicted octanol–water partition coefficient (Wildman–Crippen LogP) is 4.79. The molecule has 0 spiro atoms. The SMILES string of the molecule is COc1ccc(NC(=O)CCc2csc3nc(-c4ccccc4F)cn23)c(OC)c1. The average molecular weight is 425 g/mol. The molecule has 4 rings (SSSR count). The van der Waals surface area contributed by atoms with E-state index in [4.69, 9.17) is 9.47 Å². The molecule has 154 valence electrons. The number of carbonyl (C=O) groups excluding carboxylic acids is 1. The molecule has 6 nitrogen and oxygen atoms in total. The lowest BCUT2D eigenvalue weighted by molar-refractivity contribution is -0.116. The Balaban J connectivity index is 1.46. The molecule has 0 radical (unpaired) electrons. The monoisotopic (exact) mass is 425 g/mol. The first-order chi connectivity index (χ1) is 14.6. The Morgan fingerprint density at radius 3 is 2.80 bits per heavy atom.